The quantitative estimate of drug-likeness (QED) is 0.784. The highest BCUT2D eigenvalue weighted by Crippen LogP contribution is 2.38. The molecular formula is C18H37N3O. The molecule has 0 N–H and O–H groups in total. The summed E-state index contributed by atoms with van der Waals surface area (Å²) >= 11 is 0. The lowest BCUT2D eigenvalue weighted by atomic mass is 9.73. The minimum absolute atomic E-state index is 0.352. The third-order valence-corrected chi connectivity index (χ3v) is 4.85. The number of nitrogens with zero attached hydrogens (tertiary/aromatic N) is 3. The van der Waals surface area contributed by atoms with Crippen LogP contribution in [0.25, 0.3) is 0 Å². The van der Waals surface area contributed by atoms with E-state index in [0.717, 1.165) is 32.1 Å². The Labute approximate surface area is 137 Å². The molecule has 3 heterocycles. The van der Waals surface area contributed by atoms with Crippen LogP contribution in [0, 0.1) is 11.3 Å². The van der Waals surface area contributed by atoms with Gasteiger partial charge in [0.1, 0.15) is 0 Å². The second-order valence-electron chi connectivity index (χ2n) is 6.88. The molecule has 3 saturated heterocycles. The average molecular weight is 312 g/mol. The van der Waals surface area contributed by atoms with E-state index in [9.17, 15) is 4.79 Å². The van der Waals surface area contributed by atoms with Gasteiger partial charge in [0.15, 0.2) is 0 Å². The number of hydrogen-bond donors (Lipinski definition) is 0. The minimum atomic E-state index is 0.352. The van der Waals surface area contributed by atoms with Gasteiger partial charge < -0.3 is 9.80 Å². The van der Waals surface area contributed by atoms with Crippen molar-refractivity contribution in [2.75, 3.05) is 52.9 Å². The van der Waals surface area contributed by atoms with Gasteiger partial charge in [0.05, 0.1) is 6.54 Å². The van der Waals surface area contributed by atoms with E-state index in [-0.39, 0.29) is 0 Å². The summed E-state index contributed by atoms with van der Waals surface area (Å²) in [5, 5.41) is 0. The van der Waals surface area contributed by atoms with Gasteiger partial charge in [-0.2, -0.15) is 0 Å². The first kappa shape index (κ1) is 19.4. The van der Waals surface area contributed by atoms with Crippen LogP contribution in [-0.4, -0.2) is 73.5 Å². The molecule has 1 amide bonds. The van der Waals surface area contributed by atoms with Crippen LogP contribution in [0.3, 0.4) is 0 Å². The predicted octanol–water partition coefficient (Wildman–Crippen LogP) is 2.54. The maximum atomic E-state index is 12.2. The van der Waals surface area contributed by atoms with Crippen molar-refractivity contribution in [3.63, 3.8) is 0 Å². The van der Waals surface area contributed by atoms with Crippen molar-refractivity contribution in [3.8, 4) is 0 Å². The lowest BCUT2D eigenvalue weighted by Crippen LogP contribution is -2.72. The van der Waals surface area contributed by atoms with Crippen molar-refractivity contribution in [2.24, 2.45) is 11.3 Å². The molecule has 3 aliphatic heterocycles. The summed E-state index contributed by atoms with van der Waals surface area (Å²) in [6.45, 7) is 17.5. The number of piperidine rings is 1. The van der Waals surface area contributed by atoms with E-state index < -0.39 is 0 Å². The van der Waals surface area contributed by atoms with E-state index in [0.29, 0.717) is 17.9 Å². The minimum Gasteiger partial charge on any atom is -0.340 e. The SMILES string of the molecule is CC.CC.CC1CCN(CC(=O)N2CC3(CN(C)C3)C2)CC1. The molecule has 22 heavy (non-hydrogen) atoms. The fraction of sp³-hybridized carbons (Fsp3) is 0.944. The molecule has 0 bridgehead atoms. The normalized spacial score (nSPS) is 24.4. The number of rotatable bonds is 2. The Morgan fingerprint density at radius 3 is 1.95 bits per heavy atom. The Kier molecular flexibility index (Phi) is 7.84. The van der Waals surface area contributed by atoms with Gasteiger partial charge in [0, 0.05) is 31.6 Å². The van der Waals surface area contributed by atoms with Crippen LogP contribution < -0.4 is 0 Å². The highest BCUT2D eigenvalue weighted by Gasteiger charge is 2.51. The Morgan fingerprint density at radius 1 is 1.00 bits per heavy atom. The van der Waals surface area contributed by atoms with Crippen LogP contribution in [-0.2, 0) is 4.79 Å². The van der Waals surface area contributed by atoms with Crippen LogP contribution in [0.4, 0.5) is 0 Å². The van der Waals surface area contributed by atoms with Gasteiger partial charge in [-0.3, -0.25) is 9.69 Å². The van der Waals surface area contributed by atoms with E-state index in [1.165, 1.54) is 25.9 Å². The van der Waals surface area contributed by atoms with Gasteiger partial charge >= 0.3 is 0 Å². The largest absolute Gasteiger partial charge is 0.340 e. The molecule has 130 valence electrons. The molecule has 0 saturated carbocycles. The first-order chi connectivity index (χ1) is 10.6. The summed E-state index contributed by atoms with van der Waals surface area (Å²) in [5.74, 6) is 1.19. The van der Waals surface area contributed by atoms with Gasteiger partial charge in [-0.15, -0.1) is 0 Å². The fourth-order valence-corrected chi connectivity index (χ4v) is 3.75. The van der Waals surface area contributed by atoms with E-state index in [1.807, 2.05) is 27.7 Å². The van der Waals surface area contributed by atoms with E-state index >= 15 is 0 Å². The monoisotopic (exact) mass is 311 g/mol. The zero-order chi connectivity index (χ0) is 16.8. The molecule has 4 heteroatoms. The van der Waals surface area contributed by atoms with E-state index in [2.05, 4.69) is 28.7 Å². The van der Waals surface area contributed by atoms with E-state index in [4.69, 9.17) is 0 Å². The number of carbonyl (C=O) groups excluding carboxylic acids is 1. The molecule has 3 aliphatic rings. The van der Waals surface area contributed by atoms with Crippen molar-refractivity contribution >= 4 is 5.91 Å². The van der Waals surface area contributed by atoms with Crippen molar-refractivity contribution < 1.29 is 4.79 Å². The predicted molar refractivity (Wildman–Crippen MR) is 94.0 cm³/mol. The second-order valence-corrected chi connectivity index (χ2v) is 6.88. The lowest BCUT2D eigenvalue weighted by molar-refractivity contribution is -0.157. The Bertz CT molecular complexity index is 323. The molecule has 0 aromatic heterocycles. The van der Waals surface area contributed by atoms with Crippen LogP contribution >= 0.6 is 0 Å². The first-order valence-electron chi connectivity index (χ1n) is 9.25. The van der Waals surface area contributed by atoms with Crippen LogP contribution in [0.5, 0.6) is 0 Å². The molecule has 0 aromatic rings. The Balaban J connectivity index is 0.000000561. The smallest absolute Gasteiger partial charge is 0.236 e. The van der Waals surface area contributed by atoms with Crippen molar-refractivity contribution in [3.05, 3.63) is 0 Å². The highest BCUT2D eigenvalue weighted by molar-refractivity contribution is 5.79. The number of hydrogen-bond acceptors (Lipinski definition) is 3. The van der Waals surface area contributed by atoms with Crippen molar-refractivity contribution in [1.29, 1.82) is 0 Å². The maximum absolute atomic E-state index is 12.2. The van der Waals surface area contributed by atoms with E-state index in [1.54, 1.807) is 0 Å². The zero-order valence-electron chi connectivity index (χ0n) is 15.7. The molecule has 0 atom stereocenters. The van der Waals surface area contributed by atoms with Gasteiger partial charge in [-0.25, -0.2) is 0 Å². The van der Waals surface area contributed by atoms with Crippen LogP contribution in [0.1, 0.15) is 47.5 Å². The number of amides is 1. The molecule has 1 spiro atoms. The molecule has 0 aliphatic carbocycles. The molecule has 4 nitrogen and oxygen atoms in total. The molecule has 0 radical (unpaired) electrons. The van der Waals surface area contributed by atoms with Crippen LogP contribution in [0.2, 0.25) is 0 Å². The fourth-order valence-electron chi connectivity index (χ4n) is 3.75. The Hall–Kier alpha value is -0.610. The molecule has 3 fully saturated rings. The van der Waals surface area contributed by atoms with Gasteiger partial charge in [0.25, 0.3) is 0 Å². The topological polar surface area (TPSA) is 26.8 Å². The van der Waals surface area contributed by atoms with Crippen LogP contribution in [0.15, 0.2) is 0 Å². The Morgan fingerprint density at radius 2 is 1.50 bits per heavy atom. The number of likely N-dealkylation sites (tertiary alicyclic amines) is 3. The third kappa shape index (κ3) is 4.69. The van der Waals surface area contributed by atoms with Gasteiger partial charge in [0.2, 0.25) is 5.91 Å². The van der Waals surface area contributed by atoms with Gasteiger partial charge in [-0.1, -0.05) is 34.6 Å². The number of carbonyl (C=O) groups is 1. The zero-order valence-corrected chi connectivity index (χ0v) is 15.7. The molecular weight excluding hydrogens is 274 g/mol. The van der Waals surface area contributed by atoms with Crippen molar-refractivity contribution in [2.45, 2.75) is 47.5 Å². The van der Waals surface area contributed by atoms with Gasteiger partial charge in [-0.05, 0) is 38.9 Å². The third-order valence-electron chi connectivity index (χ3n) is 4.85. The molecule has 3 rings (SSSR count). The summed E-state index contributed by atoms with van der Waals surface area (Å²) in [7, 11) is 2.16. The summed E-state index contributed by atoms with van der Waals surface area (Å²) in [6, 6.07) is 0. The summed E-state index contributed by atoms with van der Waals surface area (Å²) < 4.78 is 0. The average Bonchev–Trinajstić information content (AvgIpc) is 2.48. The maximum Gasteiger partial charge on any atom is 0.236 e. The molecule has 0 unspecified atom stereocenters. The summed E-state index contributed by atoms with van der Waals surface area (Å²) in [4.78, 5) is 18.9. The molecule has 0 aromatic carbocycles. The second kappa shape index (κ2) is 8.88. The summed E-state index contributed by atoms with van der Waals surface area (Å²) in [6.07, 6.45) is 2.50. The summed E-state index contributed by atoms with van der Waals surface area (Å²) in [5.41, 5.74) is 0.473. The first-order valence-corrected chi connectivity index (χ1v) is 9.25. The standard InChI is InChI=1S/C14H25N3O.2C2H6/c1-12-3-5-16(6-4-12)7-13(18)17-10-14(11-17)8-15(2)9-14;2*1-2/h12H,3-11H2,1-2H3;2*1-2H3. The van der Waals surface area contributed by atoms with Crippen molar-refractivity contribution in [1.82, 2.24) is 14.7 Å². The lowest BCUT2D eigenvalue weighted by Gasteiger charge is -2.59. The highest BCUT2D eigenvalue weighted by atomic mass is 16.2.